The second-order valence-corrected chi connectivity index (χ2v) is 7.35. The minimum atomic E-state index is 0.472. The van der Waals surface area contributed by atoms with Crippen LogP contribution < -0.4 is 14.8 Å². The molecule has 0 radical (unpaired) electrons. The van der Waals surface area contributed by atoms with Gasteiger partial charge in [-0.25, -0.2) is 4.98 Å². The zero-order valence-corrected chi connectivity index (χ0v) is 16.0. The van der Waals surface area contributed by atoms with Crippen LogP contribution in [-0.2, 0) is 0 Å². The van der Waals surface area contributed by atoms with Crippen LogP contribution in [0, 0.1) is 6.92 Å². The van der Waals surface area contributed by atoms with E-state index in [1.807, 2.05) is 20.0 Å². The minimum Gasteiger partial charge on any atom is -0.486 e. The van der Waals surface area contributed by atoms with Crippen molar-refractivity contribution in [3.05, 3.63) is 11.8 Å². The third kappa shape index (κ3) is 4.36. The molecule has 25 heavy (non-hydrogen) atoms. The van der Waals surface area contributed by atoms with E-state index < -0.39 is 0 Å². The number of nitrogens with zero attached hydrogens (tertiary/aromatic N) is 3. The second kappa shape index (κ2) is 8.23. The van der Waals surface area contributed by atoms with Crippen LogP contribution in [0.4, 0.5) is 5.69 Å². The zero-order valence-electron chi connectivity index (χ0n) is 16.0. The lowest BCUT2D eigenvalue weighted by Crippen LogP contribution is -2.31. The quantitative estimate of drug-likeness (QED) is 0.816. The first kappa shape index (κ1) is 18.3. The topological polar surface area (TPSA) is 49.9 Å². The van der Waals surface area contributed by atoms with E-state index in [0.717, 1.165) is 30.2 Å². The fourth-order valence-electron chi connectivity index (χ4n) is 3.77. The Morgan fingerprint density at radius 1 is 1.08 bits per heavy atom. The number of likely N-dealkylation sites (tertiary alicyclic amines) is 2. The number of anilines is 1. The maximum absolute atomic E-state index is 6.15. The number of pyridine rings is 1. The summed E-state index contributed by atoms with van der Waals surface area (Å²) in [5.41, 5.74) is 1.92. The number of hydrogen-bond donors (Lipinski definition) is 1. The van der Waals surface area contributed by atoms with Crippen LogP contribution in [0.25, 0.3) is 0 Å². The van der Waals surface area contributed by atoms with Crippen molar-refractivity contribution in [3.8, 4) is 11.6 Å². The Bertz CT molecular complexity index is 581. The number of aryl methyl sites for hydroxylation is 1. The van der Waals surface area contributed by atoms with Crippen molar-refractivity contribution in [1.82, 2.24) is 14.8 Å². The molecule has 6 heteroatoms. The largest absolute Gasteiger partial charge is 0.486 e. The molecule has 1 aromatic rings. The average molecular weight is 348 g/mol. The van der Waals surface area contributed by atoms with Crippen molar-refractivity contribution in [2.45, 2.75) is 44.7 Å². The zero-order chi connectivity index (χ0) is 17.8. The van der Waals surface area contributed by atoms with E-state index in [-0.39, 0.29) is 0 Å². The highest BCUT2D eigenvalue weighted by atomic mass is 16.5. The highest BCUT2D eigenvalue weighted by Gasteiger charge is 2.24. The van der Waals surface area contributed by atoms with Gasteiger partial charge in [-0.15, -0.1) is 0 Å². The van der Waals surface area contributed by atoms with Gasteiger partial charge in [-0.2, -0.15) is 0 Å². The normalized spacial score (nSPS) is 24.6. The smallest absolute Gasteiger partial charge is 0.257 e. The molecule has 1 aromatic heterocycles. The van der Waals surface area contributed by atoms with Crippen LogP contribution in [0.2, 0.25) is 0 Å². The van der Waals surface area contributed by atoms with E-state index in [1.165, 1.54) is 25.7 Å². The van der Waals surface area contributed by atoms with Crippen LogP contribution >= 0.6 is 0 Å². The lowest BCUT2D eigenvalue weighted by molar-refractivity contribution is 0.169. The molecule has 1 N–H and O–H groups in total. The molecule has 2 fully saturated rings. The van der Waals surface area contributed by atoms with Gasteiger partial charge in [0, 0.05) is 25.2 Å². The number of rotatable bonds is 7. The summed E-state index contributed by atoms with van der Waals surface area (Å²) in [6.45, 7) is 5.65. The first-order valence-corrected chi connectivity index (χ1v) is 9.44. The van der Waals surface area contributed by atoms with Gasteiger partial charge < -0.3 is 24.6 Å². The number of nitrogens with one attached hydrogen (secondary N) is 1. The summed E-state index contributed by atoms with van der Waals surface area (Å²) < 4.78 is 12.2. The lowest BCUT2D eigenvalue weighted by atomic mass is 10.2. The van der Waals surface area contributed by atoms with Crippen molar-refractivity contribution < 1.29 is 9.47 Å². The van der Waals surface area contributed by atoms with E-state index >= 15 is 0 Å². The van der Waals surface area contributed by atoms with Crippen molar-refractivity contribution in [3.63, 3.8) is 0 Å². The van der Waals surface area contributed by atoms with Gasteiger partial charge in [-0.1, -0.05) is 0 Å². The lowest BCUT2D eigenvalue weighted by Gasteiger charge is -2.23. The minimum absolute atomic E-state index is 0.472. The molecule has 3 rings (SSSR count). The number of likely N-dealkylation sites (N-methyl/N-ethyl adjacent to an activating group) is 2. The first-order chi connectivity index (χ1) is 12.1. The molecule has 2 aliphatic heterocycles. The maximum Gasteiger partial charge on any atom is 0.257 e. The predicted octanol–water partition coefficient (Wildman–Crippen LogP) is 2.38. The van der Waals surface area contributed by atoms with Crippen LogP contribution in [0.5, 0.6) is 11.6 Å². The molecule has 6 nitrogen and oxygen atoms in total. The summed E-state index contributed by atoms with van der Waals surface area (Å²) in [5, 5.41) is 3.19. The van der Waals surface area contributed by atoms with Gasteiger partial charge >= 0.3 is 0 Å². The number of aromatic nitrogens is 1. The molecule has 0 amide bonds. The first-order valence-electron chi connectivity index (χ1n) is 9.44. The summed E-state index contributed by atoms with van der Waals surface area (Å²) >= 11 is 0. The maximum atomic E-state index is 6.15. The average Bonchev–Trinajstić information content (AvgIpc) is 3.20. The Balaban J connectivity index is 1.69. The van der Waals surface area contributed by atoms with E-state index in [0.29, 0.717) is 31.2 Å². The van der Waals surface area contributed by atoms with Gasteiger partial charge in [0.15, 0.2) is 5.75 Å². The molecule has 0 spiro atoms. The van der Waals surface area contributed by atoms with Crippen molar-refractivity contribution in [2.75, 3.05) is 52.8 Å². The van der Waals surface area contributed by atoms with Crippen molar-refractivity contribution in [1.29, 1.82) is 0 Å². The summed E-state index contributed by atoms with van der Waals surface area (Å²) in [7, 11) is 6.24. The Labute approximate surface area is 151 Å². The van der Waals surface area contributed by atoms with E-state index in [9.17, 15) is 0 Å². The number of hydrogen-bond acceptors (Lipinski definition) is 6. The van der Waals surface area contributed by atoms with Gasteiger partial charge in [0.05, 0.1) is 11.4 Å². The molecule has 0 aromatic carbocycles. The Morgan fingerprint density at radius 2 is 1.68 bits per heavy atom. The van der Waals surface area contributed by atoms with Crippen molar-refractivity contribution in [2.24, 2.45) is 0 Å². The van der Waals surface area contributed by atoms with Gasteiger partial charge in [0.25, 0.3) is 5.88 Å². The highest BCUT2D eigenvalue weighted by Crippen LogP contribution is 2.31. The molecule has 0 bridgehead atoms. The molecule has 2 saturated heterocycles. The molecule has 0 aliphatic carbocycles. The fraction of sp³-hybridized carbons (Fsp3) is 0.737. The van der Waals surface area contributed by atoms with E-state index in [4.69, 9.17) is 9.47 Å². The molecule has 3 heterocycles. The monoisotopic (exact) mass is 348 g/mol. The third-order valence-electron chi connectivity index (χ3n) is 5.60. The molecular weight excluding hydrogens is 316 g/mol. The van der Waals surface area contributed by atoms with Crippen LogP contribution in [-0.4, -0.2) is 74.3 Å². The summed E-state index contributed by atoms with van der Waals surface area (Å²) in [4.78, 5) is 9.39. The predicted molar refractivity (Wildman–Crippen MR) is 101 cm³/mol. The Kier molecular flexibility index (Phi) is 6.02. The highest BCUT2D eigenvalue weighted by molar-refractivity contribution is 5.54. The van der Waals surface area contributed by atoms with Crippen LogP contribution in [0.1, 0.15) is 31.4 Å². The van der Waals surface area contributed by atoms with Gasteiger partial charge in [-0.05, 0) is 59.8 Å². The molecular formula is C19H32N4O2. The van der Waals surface area contributed by atoms with Crippen LogP contribution in [0.15, 0.2) is 6.07 Å². The van der Waals surface area contributed by atoms with E-state index in [2.05, 4.69) is 34.2 Å². The second-order valence-electron chi connectivity index (χ2n) is 7.35. The molecule has 0 unspecified atom stereocenters. The standard InChI is InChI=1S/C19H32N4O2/c1-14-17(20-2)11-18(24-12-15-7-5-9-22(15)3)19(21-14)25-13-16-8-6-10-23(16)4/h11,15-16,20H,5-10,12-13H2,1-4H3/t15-,16-/m1/s1. The van der Waals surface area contributed by atoms with Gasteiger partial charge in [0.2, 0.25) is 0 Å². The number of ether oxygens (including phenoxy) is 2. The van der Waals surface area contributed by atoms with Crippen molar-refractivity contribution >= 4 is 5.69 Å². The molecule has 0 saturated carbocycles. The SMILES string of the molecule is CNc1cc(OC[C@H]2CCCN2C)c(OC[C@H]2CCCN2C)nc1C. The Hall–Kier alpha value is -1.53. The van der Waals surface area contributed by atoms with Gasteiger partial charge in [0.1, 0.15) is 13.2 Å². The third-order valence-corrected chi connectivity index (χ3v) is 5.60. The van der Waals surface area contributed by atoms with Crippen LogP contribution in [0.3, 0.4) is 0 Å². The van der Waals surface area contributed by atoms with E-state index in [1.54, 1.807) is 0 Å². The summed E-state index contributed by atoms with van der Waals surface area (Å²) in [6.07, 6.45) is 4.87. The van der Waals surface area contributed by atoms with Gasteiger partial charge in [-0.3, -0.25) is 0 Å². The summed E-state index contributed by atoms with van der Waals surface area (Å²) in [6, 6.07) is 2.97. The Morgan fingerprint density at radius 3 is 2.20 bits per heavy atom. The molecule has 140 valence electrons. The molecule has 2 atom stereocenters. The molecule has 2 aliphatic rings. The fourth-order valence-corrected chi connectivity index (χ4v) is 3.77. The summed E-state index contributed by atoms with van der Waals surface area (Å²) in [5.74, 6) is 1.37.